The molecule has 4 nitrogen and oxygen atoms in total. The van der Waals surface area contributed by atoms with Crippen LogP contribution in [0.25, 0.3) is 0 Å². The molecule has 4 N–H and O–H groups in total. The minimum Gasteiger partial charge on any atom is -0.314 e. The summed E-state index contributed by atoms with van der Waals surface area (Å²) in [5.41, 5.74) is 0.182. The first-order chi connectivity index (χ1) is 9.73. The first-order valence-corrected chi connectivity index (χ1v) is 8.68. The van der Waals surface area contributed by atoms with Crippen molar-refractivity contribution in [1.29, 1.82) is 0 Å². The van der Waals surface area contributed by atoms with Gasteiger partial charge in [0, 0.05) is 36.8 Å². The van der Waals surface area contributed by atoms with Gasteiger partial charge in [0.15, 0.2) is 0 Å². The molecule has 1 unspecified atom stereocenters. The molecule has 0 aromatic carbocycles. The maximum atomic E-state index is 3.65. The fourth-order valence-corrected chi connectivity index (χ4v) is 2.50. The quantitative estimate of drug-likeness (QED) is 0.394. The van der Waals surface area contributed by atoms with E-state index in [0.717, 1.165) is 32.6 Å². The predicted molar refractivity (Wildman–Crippen MR) is 95.1 cm³/mol. The van der Waals surface area contributed by atoms with Crippen LogP contribution < -0.4 is 21.3 Å². The summed E-state index contributed by atoms with van der Waals surface area (Å²) in [5, 5.41) is 14.2. The van der Waals surface area contributed by atoms with Crippen molar-refractivity contribution in [3.05, 3.63) is 0 Å². The standard InChI is InChI=1S/C17H40N4/c1-14(2)18-9-8-10-20-16(5)13-17(6,7)21-12-11-19-15(3)4/h14-16,18-21H,8-13H2,1-7H3. The van der Waals surface area contributed by atoms with Gasteiger partial charge in [0.2, 0.25) is 0 Å². The average molecular weight is 301 g/mol. The Hall–Kier alpha value is -0.160. The van der Waals surface area contributed by atoms with E-state index in [0.29, 0.717) is 18.1 Å². The fourth-order valence-electron chi connectivity index (χ4n) is 2.50. The highest BCUT2D eigenvalue weighted by Crippen LogP contribution is 2.10. The van der Waals surface area contributed by atoms with Gasteiger partial charge in [-0.1, -0.05) is 27.7 Å². The van der Waals surface area contributed by atoms with E-state index in [2.05, 4.69) is 69.7 Å². The minimum atomic E-state index is 0.182. The van der Waals surface area contributed by atoms with Crippen LogP contribution >= 0.6 is 0 Å². The van der Waals surface area contributed by atoms with Crippen LogP contribution in [0.1, 0.15) is 61.3 Å². The van der Waals surface area contributed by atoms with Crippen molar-refractivity contribution in [3.8, 4) is 0 Å². The van der Waals surface area contributed by atoms with Crippen LogP contribution in [0.4, 0.5) is 0 Å². The van der Waals surface area contributed by atoms with Crippen molar-refractivity contribution in [2.75, 3.05) is 26.2 Å². The lowest BCUT2D eigenvalue weighted by atomic mass is 9.96. The maximum Gasteiger partial charge on any atom is 0.0140 e. The fraction of sp³-hybridized carbons (Fsp3) is 1.00. The topological polar surface area (TPSA) is 48.1 Å². The Kier molecular flexibility index (Phi) is 11.3. The predicted octanol–water partition coefficient (Wildman–Crippen LogP) is 2.11. The first kappa shape index (κ1) is 20.8. The lowest BCUT2D eigenvalue weighted by Crippen LogP contribution is -2.47. The van der Waals surface area contributed by atoms with Crippen LogP contribution in [-0.4, -0.2) is 49.8 Å². The lowest BCUT2D eigenvalue weighted by Gasteiger charge is -2.30. The zero-order valence-corrected chi connectivity index (χ0v) is 15.5. The Morgan fingerprint density at radius 1 is 0.714 bits per heavy atom. The van der Waals surface area contributed by atoms with Crippen LogP contribution in [0.15, 0.2) is 0 Å². The SMILES string of the molecule is CC(C)NCCCNC(C)CC(C)(C)NCCNC(C)C. The highest BCUT2D eigenvalue weighted by Gasteiger charge is 2.19. The highest BCUT2D eigenvalue weighted by molar-refractivity contribution is 4.82. The molecule has 0 rings (SSSR count). The lowest BCUT2D eigenvalue weighted by molar-refractivity contribution is 0.315. The van der Waals surface area contributed by atoms with Crippen molar-refractivity contribution in [2.24, 2.45) is 0 Å². The van der Waals surface area contributed by atoms with Crippen molar-refractivity contribution in [1.82, 2.24) is 21.3 Å². The molecule has 21 heavy (non-hydrogen) atoms. The van der Waals surface area contributed by atoms with Gasteiger partial charge < -0.3 is 21.3 Å². The zero-order chi connectivity index (χ0) is 16.3. The highest BCUT2D eigenvalue weighted by atomic mass is 15.0. The normalized spacial score (nSPS) is 14.1. The molecule has 0 aliphatic carbocycles. The molecule has 0 aromatic rings. The number of rotatable bonds is 13. The third-order valence-electron chi connectivity index (χ3n) is 3.50. The molecule has 0 heterocycles. The van der Waals surface area contributed by atoms with Gasteiger partial charge in [-0.05, 0) is 46.7 Å². The molecule has 0 saturated heterocycles. The third kappa shape index (κ3) is 14.5. The van der Waals surface area contributed by atoms with E-state index in [1.54, 1.807) is 0 Å². The van der Waals surface area contributed by atoms with Gasteiger partial charge in [-0.2, -0.15) is 0 Å². The molecule has 0 aliphatic heterocycles. The van der Waals surface area contributed by atoms with E-state index in [9.17, 15) is 0 Å². The van der Waals surface area contributed by atoms with E-state index < -0.39 is 0 Å². The minimum absolute atomic E-state index is 0.182. The Morgan fingerprint density at radius 2 is 1.24 bits per heavy atom. The monoisotopic (exact) mass is 300 g/mol. The van der Waals surface area contributed by atoms with Gasteiger partial charge in [0.1, 0.15) is 0 Å². The van der Waals surface area contributed by atoms with Crippen molar-refractivity contribution in [2.45, 2.75) is 85.0 Å². The molecule has 0 radical (unpaired) electrons. The molecule has 4 heteroatoms. The van der Waals surface area contributed by atoms with Crippen molar-refractivity contribution < 1.29 is 0 Å². The number of hydrogen-bond donors (Lipinski definition) is 4. The molecular formula is C17H40N4. The summed E-state index contributed by atoms with van der Waals surface area (Å²) in [6.07, 6.45) is 2.33. The van der Waals surface area contributed by atoms with E-state index >= 15 is 0 Å². The van der Waals surface area contributed by atoms with Crippen LogP contribution in [0.3, 0.4) is 0 Å². The van der Waals surface area contributed by atoms with Gasteiger partial charge >= 0.3 is 0 Å². The molecule has 0 bridgehead atoms. The summed E-state index contributed by atoms with van der Waals surface area (Å²) in [6.45, 7) is 19.9. The summed E-state index contributed by atoms with van der Waals surface area (Å²) in [6, 6.07) is 1.70. The van der Waals surface area contributed by atoms with Gasteiger partial charge in [-0.25, -0.2) is 0 Å². The van der Waals surface area contributed by atoms with Gasteiger partial charge in [0.25, 0.3) is 0 Å². The van der Waals surface area contributed by atoms with Crippen molar-refractivity contribution in [3.63, 3.8) is 0 Å². The summed E-state index contributed by atoms with van der Waals surface area (Å²) in [5.74, 6) is 0. The summed E-state index contributed by atoms with van der Waals surface area (Å²) in [7, 11) is 0. The van der Waals surface area contributed by atoms with Crippen LogP contribution in [-0.2, 0) is 0 Å². The second-order valence-electron chi connectivity index (χ2n) is 7.44. The first-order valence-electron chi connectivity index (χ1n) is 8.68. The third-order valence-corrected chi connectivity index (χ3v) is 3.50. The van der Waals surface area contributed by atoms with E-state index in [4.69, 9.17) is 0 Å². The Labute approximate surface area is 133 Å². The molecule has 1 atom stereocenters. The number of hydrogen-bond acceptors (Lipinski definition) is 4. The molecule has 0 spiro atoms. The van der Waals surface area contributed by atoms with E-state index in [1.165, 1.54) is 6.42 Å². The van der Waals surface area contributed by atoms with E-state index in [1.807, 2.05) is 0 Å². The smallest absolute Gasteiger partial charge is 0.0140 e. The average Bonchev–Trinajstić information content (AvgIpc) is 2.33. The van der Waals surface area contributed by atoms with Gasteiger partial charge in [0.05, 0.1) is 0 Å². The number of nitrogens with one attached hydrogen (secondary N) is 4. The molecule has 0 fully saturated rings. The second kappa shape index (κ2) is 11.4. The Balaban J connectivity index is 3.67. The Bertz CT molecular complexity index is 239. The largest absolute Gasteiger partial charge is 0.314 e. The molecule has 128 valence electrons. The zero-order valence-electron chi connectivity index (χ0n) is 15.5. The second-order valence-corrected chi connectivity index (χ2v) is 7.44. The molecule has 0 aromatic heterocycles. The van der Waals surface area contributed by atoms with E-state index in [-0.39, 0.29) is 5.54 Å². The summed E-state index contributed by atoms with van der Waals surface area (Å²) < 4.78 is 0. The van der Waals surface area contributed by atoms with Crippen LogP contribution in [0.5, 0.6) is 0 Å². The maximum absolute atomic E-state index is 3.65. The molecule has 0 aliphatic rings. The molecule has 0 amide bonds. The van der Waals surface area contributed by atoms with Gasteiger partial charge in [-0.15, -0.1) is 0 Å². The summed E-state index contributed by atoms with van der Waals surface area (Å²) in [4.78, 5) is 0. The van der Waals surface area contributed by atoms with Crippen LogP contribution in [0.2, 0.25) is 0 Å². The molecular weight excluding hydrogens is 260 g/mol. The van der Waals surface area contributed by atoms with Crippen molar-refractivity contribution >= 4 is 0 Å². The van der Waals surface area contributed by atoms with Gasteiger partial charge in [-0.3, -0.25) is 0 Å². The molecule has 0 saturated carbocycles. The summed E-state index contributed by atoms with van der Waals surface area (Å²) >= 11 is 0. The van der Waals surface area contributed by atoms with Crippen LogP contribution in [0, 0.1) is 0 Å². The Morgan fingerprint density at radius 3 is 1.81 bits per heavy atom.